The molecule has 1 aromatic heterocycles. The summed E-state index contributed by atoms with van der Waals surface area (Å²) in [5.41, 5.74) is 6.33. The summed E-state index contributed by atoms with van der Waals surface area (Å²) in [6, 6.07) is -0.600. The number of carboxylic acids is 1. The number of carbonyl (C=O) groups is 1. The molecule has 1 heterocycles. The van der Waals surface area contributed by atoms with E-state index in [0.717, 1.165) is 18.0 Å². The minimum Gasteiger partial charge on any atom is -0.480 e. The van der Waals surface area contributed by atoms with Crippen molar-refractivity contribution in [3.63, 3.8) is 0 Å². The summed E-state index contributed by atoms with van der Waals surface area (Å²) in [6.45, 7) is 4.53. The number of nitrogens with two attached hydrogens (primary N) is 1. The lowest BCUT2D eigenvalue weighted by Crippen LogP contribution is -2.21. The second-order valence-electron chi connectivity index (χ2n) is 5.64. The number of anilines is 1. The number of aliphatic carboxylic acids is 1. The Hall–Kier alpha value is -1.14. The fraction of sp³-hybridized carbons (Fsp3) is 0.667. The number of hydrogen-bond donors (Lipinski definition) is 3. The molecule has 2 rings (SSSR count). The normalized spacial score (nSPS) is 23.8. The minimum absolute atomic E-state index is 0.384. The predicted molar refractivity (Wildman–Crippen MR) is 71.7 cm³/mol. The van der Waals surface area contributed by atoms with E-state index in [4.69, 9.17) is 10.8 Å². The highest BCUT2D eigenvalue weighted by Crippen LogP contribution is 2.38. The maximum Gasteiger partial charge on any atom is 0.326 e. The lowest BCUT2D eigenvalue weighted by Gasteiger charge is -2.17. The van der Waals surface area contributed by atoms with E-state index >= 15 is 0 Å². The van der Waals surface area contributed by atoms with Gasteiger partial charge < -0.3 is 16.2 Å². The zero-order valence-corrected chi connectivity index (χ0v) is 11.5. The van der Waals surface area contributed by atoms with Gasteiger partial charge in [-0.3, -0.25) is 4.79 Å². The summed E-state index contributed by atoms with van der Waals surface area (Å²) < 4.78 is 0. The molecule has 1 aromatic rings. The SMILES string of the molecule is CC1(C)CCC(Nc2nc(C(N)C(=O)O)cs2)C1. The number of thiazole rings is 1. The summed E-state index contributed by atoms with van der Waals surface area (Å²) in [5, 5.41) is 14.7. The average molecular weight is 269 g/mol. The molecule has 18 heavy (non-hydrogen) atoms. The Morgan fingerprint density at radius 2 is 2.44 bits per heavy atom. The van der Waals surface area contributed by atoms with E-state index in [1.165, 1.54) is 17.8 Å². The fourth-order valence-corrected chi connectivity index (χ4v) is 3.18. The summed E-state index contributed by atoms with van der Waals surface area (Å²) in [7, 11) is 0. The molecular weight excluding hydrogens is 250 g/mol. The van der Waals surface area contributed by atoms with Gasteiger partial charge in [0, 0.05) is 11.4 Å². The van der Waals surface area contributed by atoms with Crippen LogP contribution in [0.4, 0.5) is 5.13 Å². The molecule has 2 unspecified atom stereocenters. The van der Waals surface area contributed by atoms with Crippen molar-refractivity contribution in [1.29, 1.82) is 0 Å². The zero-order valence-electron chi connectivity index (χ0n) is 10.6. The van der Waals surface area contributed by atoms with Crippen LogP contribution in [0.25, 0.3) is 0 Å². The third kappa shape index (κ3) is 3.00. The molecule has 0 bridgehead atoms. The van der Waals surface area contributed by atoms with E-state index in [1.54, 1.807) is 5.38 Å². The topological polar surface area (TPSA) is 88.2 Å². The second kappa shape index (κ2) is 4.85. The molecule has 1 aliphatic rings. The second-order valence-corrected chi connectivity index (χ2v) is 6.50. The van der Waals surface area contributed by atoms with Gasteiger partial charge >= 0.3 is 5.97 Å². The number of aromatic nitrogens is 1. The molecule has 0 saturated heterocycles. The number of nitrogens with zero attached hydrogens (tertiary/aromatic N) is 1. The molecule has 4 N–H and O–H groups in total. The van der Waals surface area contributed by atoms with Crippen molar-refractivity contribution in [2.24, 2.45) is 11.1 Å². The molecule has 0 aliphatic heterocycles. The Morgan fingerprint density at radius 1 is 1.72 bits per heavy atom. The standard InChI is InChI=1S/C12H19N3O2S/c1-12(2)4-3-7(5-12)14-11-15-8(6-18-11)9(13)10(16)17/h6-7,9H,3-5,13H2,1-2H3,(H,14,15)(H,16,17). The molecular formula is C12H19N3O2S. The van der Waals surface area contributed by atoms with Gasteiger partial charge in [0.15, 0.2) is 5.13 Å². The van der Waals surface area contributed by atoms with Gasteiger partial charge in [0.2, 0.25) is 0 Å². The summed E-state index contributed by atoms with van der Waals surface area (Å²) >= 11 is 1.42. The van der Waals surface area contributed by atoms with Crippen molar-refractivity contribution < 1.29 is 9.90 Å². The van der Waals surface area contributed by atoms with E-state index in [9.17, 15) is 4.79 Å². The summed E-state index contributed by atoms with van der Waals surface area (Å²) in [6.07, 6.45) is 3.46. The molecule has 6 heteroatoms. The van der Waals surface area contributed by atoms with Crippen molar-refractivity contribution in [2.45, 2.75) is 45.2 Å². The van der Waals surface area contributed by atoms with Crippen LogP contribution in [0.1, 0.15) is 44.8 Å². The first-order valence-corrected chi connectivity index (χ1v) is 6.96. The van der Waals surface area contributed by atoms with E-state index in [2.05, 4.69) is 24.1 Å². The third-order valence-corrected chi connectivity index (χ3v) is 4.19. The van der Waals surface area contributed by atoms with Crippen LogP contribution in [0.2, 0.25) is 0 Å². The van der Waals surface area contributed by atoms with Crippen LogP contribution in [0, 0.1) is 5.41 Å². The molecule has 5 nitrogen and oxygen atoms in total. The maximum absolute atomic E-state index is 10.8. The smallest absolute Gasteiger partial charge is 0.326 e. The molecule has 2 atom stereocenters. The van der Waals surface area contributed by atoms with Crippen LogP contribution < -0.4 is 11.1 Å². The molecule has 1 fully saturated rings. The van der Waals surface area contributed by atoms with Gasteiger partial charge in [-0.05, 0) is 24.7 Å². The van der Waals surface area contributed by atoms with Gasteiger partial charge in [0.25, 0.3) is 0 Å². The predicted octanol–water partition coefficient (Wildman–Crippen LogP) is 2.22. The summed E-state index contributed by atoms with van der Waals surface area (Å²) in [4.78, 5) is 15.0. The van der Waals surface area contributed by atoms with Gasteiger partial charge in [-0.15, -0.1) is 11.3 Å². The molecule has 0 aromatic carbocycles. The Balaban J connectivity index is 1.97. The third-order valence-electron chi connectivity index (χ3n) is 3.40. The molecule has 1 saturated carbocycles. The van der Waals surface area contributed by atoms with Crippen molar-refractivity contribution in [2.75, 3.05) is 5.32 Å². The highest BCUT2D eigenvalue weighted by molar-refractivity contribution is 7.13. The molecule has 0 radical (unpaired) electrons. The average Bonchev–Trinajstić information content (AvgIpc) is 2.85. The van der Waals surface area contributed by atoms with Gasteiger partial charge in [-0.25, -0.2) is 4.98 Å². The number of carboxylic acid groups (broad SMARTS) is 1. The van der Waals surface area contributed by atoms with E-state index < -0.39 is 12.0 Å². The van der Waals surface area contributed by atoms with Crippen molar-refractivity contribution in [3.05, 3.63) is 11.1 Å². The summed E-state index contributed by atoms with van der Waals surface area (Å²) in [5.74, 6) is -1.05. The number of hydrogen-bond acceptors (Lipinski definition) is 5. The zero-order chi connectivity index (χ0) is 13.3. The Kier molecular flexibility index (Phi) is 3.59. The van der Waals surface area contributed by atoms with Crippen LogP contribution >= 0.6 is 11.3 Å². The molecule has 1 aliphatic carbocycles. The highest BCUT2D eigenvalue weighted by atomic mass is 32.1. The quantitative estimate of drug-likeness (QED) is 0.780. The lowest BCUT2D eigenvalue weighted by atomic mass is 9.92. The van der Waals surface area contributed by atoms with Crippen molar-refractivity contribution >= 4 is 22.4 Å². The lowest BCUT2D eigenvalue weighted by molar-refractivity contribution is -0.138. The molecule has 0 amide bonds. The largest absolute Gasteiger partial charge is 0.480 e. The number of rotatable bonds is 4. The first-order valence-electron chi connectivity index (χ1n) is 6.08. The van der Waals surface area contributed by atoms with Crippen LogP contribution in [0.3, 0.4) is 0 Å². The van der Waals surface area contributed by atoms with E-state index in [1.807, 2.05) is 0 Å². The van der Waals surface area contributed by atoms with Crippen LogP contribution in [0.15, 0.2) is 5.38 Å². The van der Waals surface area contributed by atoms with E-state index in [-0.39, 0.29) is 0 Å². The fourth-order valence-electron chi connectivity index (χ4n) is 2.36. The van der Waals surface area contributed by atoms with Gasteiger partial charge in [-0.2, -0.15) is 0 Å². The van der Waals surface area contributed by atoms with Gasteiger partial charge in [-0.1, -0.05) is 13.8 Å². The van der Waals surface area contributed by atoms with Gasteiger partial charge in [0.05, 0.1) is 5.69 Å². The first kappa shape index (κ1) is 13.3. The molecule has 100 valence electrons. The van der Waals surface area contributed by atoms with Crippen LogP contribution in [-0.2, 0) is 4.79 Å². The minimum atomic E-state index is -1.05. The highest BCUT2D eigenvalue weighted by Gasteiger charge is 2.31. The molecule has 0 spiro atoms. The van der Waals surface area contributed by atoms with Crippen molar-refractivity contribution in [3.8, 4) is 0 Å². The Morgan fingerprint density at radius 3 is 3.00 bits per heavy atom. The van der Waals surface area contributed by atoms with Crippen LogP contribution in [0.5, 0.6) is 0 Å². The Bertz CT molecular complexity index is 444. The Labute approximate surface area is 110 Å². The first-order chi connectivity index (χ1) is 8.37. The maximum atomic E-state index is 10.8. The monoisotopic (exact) mass is 269 g/mol. The van der Waals surface area contributed by atoms with Crippen LogP contribution in [-0.4, -0.2) is 22.1 Å². The van der Waals surface area contributed by atoms with Gasteiger partial charge in [0.1, 0.15) is 6.04 Å². The number of nitrogens with one attached hydrogen (secondary N) is 1. The van der Waals surface area contributed by atoms with E-state index in [0.29, 0.717) is 17.2 Å². The van der Waals surface area contributed by atoms with Crippen molar-refractivity contribution in [1.82, 2.24) is 4.98 Å².